The molecule has 0 aromatic heterocycles. The molecule has 1 aromatic rings. The summed E-state index contributed by atoms with van der Waals surface area (Å²) < 4.78 is 0. The van der Waals surface area contributed by atoms with Crippen molar-refractivity contribution in [2.24, 2.45) is 5.73 Å². The zero-order valence-corrected chi connectivity index (χ0v) is 13.8. The first-order chi connectivity index (χ1) is 10.9. The van der Waals surface area contributed by atoms with Gasteiger partial charge in [-0.3, -0.25) is 14.9 Å². The van der Waals surface area contributed by atoms with Crippen molar-refractivity contribution >= 4 is 17.3 Å². The molecule has 128 valence electrons. The van der Waals surface area contributed by atoms with E-state index in [4.69, 9.17) is 5.73 Å². The molecule has 0 unspecified atom stereocenters. The molecule has 0 atom stereocenters. The van der Waals surface area contributed by atoms with Crippen molar-refractivity contribution in [3.8, 4) is 0 Å². The lowest BCUT2D eigenvalue weighted by molar-refractivity contribution is -0.384. The van der Waals surface area contributed by atoms with E-state index in [2.05, 4.69) is 10.6 Å². The maximum absolute atomic E-state index is 11.8. The molecule has 4 N–H and O–H groups in total. The molecule has 7 nitrogen and oxygen atoms in total. The van der Waals surface area contributed by atoms with E-state index in [0.29, 0.717) is 25.9 Å². The van der Waals surface area contributed by atoms with Crippen LogP contribution in [0.3, 0.4) is 0 Å². The first kappa shape index (κ1) is 18.9. The van der Waals surface area contributed by atoms with E-state index in [1.54, 1.807) is 12.1 Å². The highest BCUT2D eigenvalue weighted by Crippen LogP contribution is 2.15. The summed E-state index contributed by atoms with van der Waals surface area (Å²) in [5.41, 5.74) is 6.67. The predicted octanol–water partition coefficient (Wildman–Crippen LogP) is 2.42. The highest BCUT2D eigenvalue weighted by molar-refractivity contribution is 5.76. The van der Waals surface area contributed by atoms with Crippen LogP contribution in [0, 0.1) is 10.1 Å². The molecule has 0 aliphatic carbocycles. The number of nitro benzene ring substituents is 1. The molecule has 1 amide bonds. The normalized spacial score (nSPS) is 11.1. The third kappa shape index (κ3) is 6.65. The first-order valence-corrected chi connectivity index (χ1v) is 7.94. The molecule has 0 aliphatic heterocycles. The minimum Gasteiger partial charge on any atom is -0.385 e. The van der Waals surface area contributed by atoms with Gasteiger partial charge in [0.1, 0.15) is 0 Å². The molecule has 1 rings (SSSR count). The second-order valence-corrected chi connectivity index (χ2v) is 5.68. The van der Waals surface area contributed by atoms with Crippen LogP contribution in [0.4, 0.5) is 11.4 Å². The van der Waals surface area contributed by atoms with Gasteiger partial charge in [-0.15, -0.1) is 0 Å². The average molecular weight is 322 g/mol. The summed E-state index contributed by atoms with van der Waals surface area (Å²) in [7, 11) is 0. The smallest absolute Gasteiger partial charge is 0.269 e. The fourth-order valence-corrected chi connectivity index (χ4v) is 2.05. The van der Waals surface area contributed by atoms with Crippen molar-refractivity contribution in [1.82, 2.24) is 5.32 Å². The minimum absolute atomic E-state index is 0.00720. The fraction of sp³-hybridized carbons (Fsp3) is 0.562. The van der Waals surface area contributed by atoms with Gasteiger partial charge in [0.25, 0.3) is 5.69 Å². The van der Waals surface area contributed by atoms with Crippen LogP contribution in [0.25, 0.3) is 0 Å². The molecule has 0 radical (unpaired) electrons. The van der Waals surface area contributed by atoms with Gasteiger partial charge < -0.3 is 16.4 Å². The Morgan fingerprint density at radius 3 is 2.39 bits per heavy atom. The van der Waals surface area contributed by atoms with Gasteiger partial charge in [0.15, 0.2) is 0 Å². The Morgan fingerprint density at radius 2 is 1.87 bits per heavy atom. The molecule has 0 saturated carbocycles. The summed E-state index contributed by atoms with van der Waals surface area (Å²) in [5.74, 6) is -0.00720. The standard InChI is InChI=1S/C16H26N4O3/c1-3-16(17,4-2)12-19-15(21)6-5-11-18-13-7-9-14(10-8-13)20(22)23/h7-10,18H,3-6,11-12,17H2,1-2H3,(H,19,21). The SMILES string of the molecule is CCC(N)(CC)CNC(=O)CCCNc1ccc([N+](=O)[O-])cc1. The monoisotopic (exact) mass is 322 g/mol. The van der Waals surface area contributed by atoms with Crippen LogP contribution in [-0.4, -0.2) is 29.5 Å². The number of carbonyl (C=O) groups is 1. The van der Waals surface area contributed by atoms with Crippen molar-refractivity contribution in [3.63, 3.8) is 0 Å². The van der Waals surface area contributed by atoms with E-state index >= 15 is 0 Å². The molecule has 0 bridgehead atoms. The fourth-order valence-electron chi connectivity index (χ4n) is 2.05. The summed E-state index contributed by atoms with van der Waals surface area (Å²) >= 11 is 0. The van der Waals surface area contributed by atoms with Crippen LogP contribution in [0.2, 0.25) is 0 Å². The first-order valence-electron chi connectivity index (χ1n) is 7.94. The van der Waals surface area contributed by atoms with Crippen molar-refractivity contribution in [1.29, 1.82) is 0 Å². The molecule has 0 aliphatic rings. The third-order valence-corrected chi connectivity index (χ3v) is 4.03. The van der Waals surface area contributed by atoms with Crippen molar-refractivity contribution < 1.29 is 9.72 Å². The Morgan fingerprint density at radius 1 is 1.26 bits per heavy atom. The molecule has 0 fully saturated rings. The van der Waals surface area contributed by atoms with Crippen molar-refractivity contribution in [3.05, 3.63) is 34.4 Å². The van der Waals surface area contributed by atoms with Crippen LogP contribution in [0.15, 0.2) is 24.3 Å². The van der Waals surface area contributed by atoms with Gasteiger partial charge in [0.05, 0.1) is 4.92 Å². The lowest BCUT2D eigenvalue weighted by Crippen LogP contribution is -2.49. The van der Waals surface area contributed by atoms with Gasteiger partial charge in [0, 0.05) is 42.9 Å². The number of nitrogens with two attached hydrogens (primary N) is 1. The van der Waals surface area contributed by atoms with Crippen LogP contribution in [-0.2, 0) is 4.79 Å². The van der Waals surface area contributed by atoms with Crippen LogP contribution < -0.4 is 16.4 Å². The lowest BCUT2D eigenvalue weighted by Gasteiger charge is -2.26. The van der Waals surface area contributed by atoms with Gasteiger partial charge in [0.2, 0.25) is 5.91 Å². The summed E-state index contributed by atoms with van der Waals surface area (Å²) in [4.78, 5) is 21.9. The van der Waals surface area contributed by atoms with Gasteiger partial charge in [-0.05, 0) is 31.4 Å². The average Bonchev–Trinajstić information content (AvgIpc) is 2.57. The Bertz CT molecular complexity index is 513. The number of hydrogen-bond acceptors (Lipinski definition) is 5. The molecule has 7 heteroatoms. The number of amides is 1. The zero-order chi connectivity index (χ0) is 17.3. The molecule has 0 spiro atoms. The predicted molar refractivity (Wildman–Crippen MR) is 91.3 cm³/mol. The van der Waals surface area contributed by atoms with E-state index in [0.717, 1.165) is 18.5 Å². The summed E-state index contributed by atoms with van der Waals surface area (Å²) in [6.07, 6.45) is 2.75. The van der Waals surface area contributed by atoms with E-state index in [-0.39, 0.29) is 17.1 Å². The number of nitro groups is 1. The number of nitrogens with one attached hydrogen (secondary N) is 2. The number of hydrogen-bond donors (Lipinski definition) is 3. The van der Waals surface area contributed by atoms with Crippen molar-refractivity contribution in [2.45, 2.75) is 45.1 Å². The van der Waals surface area contributed by atoms with Crippen LogP contribution in [0.5, 0.6) is 0 Å². The lowest BCUT2D eigenvalue weighted by atomic mass is 9.94. The Balaban J connectivity index is 2.24. The second kappa shape index (κ2) is 9.09. The van der Waals surface area contributed by atoms with Crippen LogP contribution >= 0.6 is 0 Å². The van der Waals surface area contributed by atoms with Gasteiger partial charge >= 0.3 is 0 Å². The van der Waals surface area contributed by atoms with E-state index in [1.807, 2.05) is 13.8 Å². The molecular formula is C16H26N4O3. The van der Waals surface area contributed by atoms with E-state index in [9.17, 15) is 14.9 Å². The molecular weight excluding hydrogens is 296 g/mol. The van der Waals surface area contributed by atoms with Gasteiger partial charge in [-0.1, -0.05) is 13.8 Å². The summed E-state index contributed by atoms with van der Waals surface area (Å²) in [6.45, 7) is 5.16. The third-order valence-electron chi connectivity index (χ3n) is 4.03. The van der Waals surface area contributed by atoms with E-state index < -0.39 is 4.92 Å². The molecule has 0 heterocycles. The maximum Gasteiger partial charge on any atom is 0.269 e. The van der Waals surface area contributed by atoms with E-state index in [1.165, 1.54) is 12.1 Å². The molecule has 23 heavy (non-hydrogen) atoms. The summed E-state index contributed by atoms with van der Waals surface area (Å²) in [6, 6.07) is 6.21. The zero-order valence-electron chi connectivity index (χ0n) is 13.8. The Hall–Kier alpha value is -2.15. The quantitative estimate of drug-likeness (QED) is 0.348. The van der Waals surface area contributed by atoms with Crippen molar-refractivity contribution in [2.75, 3.05) is 18.4 Å². The number of nitrogens with zero attached hydrogens (tertiary/aromatic N) is 1. The topological polar surface area (TPSA) is 110 Å². The highest BCUT2D eigenvalue weighted by atomic mass is 16.6. The summed E-state index contributed by atoms with van der Waals surface area (Å²) in [5, 5.41) is 16.6. The van der Waals surface area contributed by atoms with Gasteiger partial charge in [-0.2, -0.15) is 0 Å². The Kier molecular flexibility index (Phi) is 7.47. The number of non-ortho nitro benzene ring substituents is 1. The van der Waals surface area contributed by atoms with Gasteiger partial charge in [-0.25, -0.2) is 0 Å². The van der Waals surface area contributed by atoms with Crippen LogP contribution in [0.1, 0.15) is 39.5 Å². The number of anilines is 1. The number of rotatable bonds is 10. The maximum atomic E-state index is 11.8. The largest absolute Gasteiger partial charge is 0.385 e. The highest BCUT2D eigenvalue weighted by Gasteiger charge is 2.20. The molecule has 1 aromatic carbocycles. The molecule has 0 saturated heterocycles. The second-order valence-electron chi connectivity index (χ2n) is 5.68. The number of benzene rings is 1. The number of carbonyl (C=O) groups excluding carboxylic acids is 1. The minimum atomic E-state index is -0.432. The Labute approximate surface area is 136 Å².